The molecule has 0 spiro atoms. The van der Waals surface area contributed by atoms with Gasteiger partial charge in [0.25, 0.3) is 0 Å². The van der Waals surface area contributed by atoms with Crippen LogP contribution < -0.4 is 13.9 Å². The molecule has 0 aliphatic heterocycles. The molecule has 10 heteroatoms. The summed E-state index contributed by atoms with van der Waals surface area (Å²) in [6.07, 6.45) is 1.94. The monoisotopic (exact) mass is 582 g/mol. The van der Waals surface area contributed by atoms with E-state index in [4.69, 9.17) is 4.74 Å². The molecule has 0 unspecified atom stereocenters. The lowest BCUT2D eigenvalue weighted by Gasteiger charge is -2.33. The molecule has 0 radical (unpaired) electrons. The van der Waals surface area contributed by atoms with Crippen molar-refractivity contribution < 1.29 is 26.3 Å². The van der Waals surface area contributed by atoms with Gasteiger partial charge in [0, 0.05) is 22.7 Å². The lowest BCUT2D eigenvalue weighted by molar-refractivity contribution is 0.407. The minimum atomic E-state index is -3.83. The fourth-order valence-corrected chi connectivity index (χ4v) is 6.03. The van der Waals surface area contributed by atoms with Crippen LogP contribution in [0.5, 0.6) is 5.75 Å². The van der Waals surface area contributed by atoms with Crippen LogP contribution in [-0.4, -0.2) is 33.9 Å². The summed E-state index contributed by atoms with van der Waals surface area (Å²) in [6.45, 7) is 3.81. The van der Waals surface area contributed by atoms with Gasteiger partial charge in [-0.05, 0) is 66.5 Å². The molecule has 0 aromatic heterocycles. The van der Waals surface area contributed by atoms with E-state index in [0.29, 0.717) is 29.3 Å². The second kappa shape index (κ2) is 10.1. The molecule has 0 atom stereocenters. The number of rotatable bonds is 10. The molecule has 32 heavy (non-hydrogen) atoms. The predicted molar refractivity (Wildman–Crippen MR) is 129 cm³/mol. The average Bonchev–Trinajstić information content (AvgIpc) is 3.59. The van der Waals surface area contributed by atoms with Crippen molar-refractivity contribution in [2.45, 2.75) is 44.8 Å². The van der Waals surface area contributed by atoms with Crippen molar-refractivity contribution in [2.24, 2.45) is 0 Å². The van der Waals surface area contributed by atoms with E-state index >= 15 is 4.39 Å². The van der Waals surface area contributed by atoms with Crippen molar-refractivity contribution in [1.29, 1.82) is 0 Å². The zero-order chi connectivity index (χ0) is 23.6. The fraction of sp³-hybridized carbons (Fsp3) is 0.455. The molecule has 0 N–H and O–H groups in total. The van der Waals surface area contributed by atoms with Gasteiger partial charge in [0.05, 0.1) is 18.0 Å². The molecule has 0 amide bonds. The Labute approximate surface area is 200 Å². The minimum Gasteiger partial charge on any atom is -0.494 e. The molecule has 1 fully saturated rings. The van der Waals surface area contributed by atoms with Crippen LogP contribution in [0, 0.1) is 21.0 Å². The quantitative estimate of drug-likeness (QED) is 0.324. The van der Waals surface area contributed by atoms with E-state index in [-0.39, 0.29) is 35.9 Å². The van der Waals surface area contributed by atoms with Crippen LogP contribution in [-0.2, 0) is 10.0 Å². The van der Waals surface area contributed by atoms with Gasteiger partial charge in [-0.1, -0.05) is 13.8 Å². The van der Waals surface area contributed by atoms with Crippen molar-refractivity contribution in [3.63, 3.8) is 0 Å². The number of hydrogen-bond acceptors (Lipinski definition) is 4. The van der Waals surface area contributed by atoms with Gasteiger partial charge in [0.1, 0.15) is 22.9 Å². The smallest absolute Gasteiger partial charge is 0.238 e. The normalized spacial score (nSPS) is 13.8. The van der Waals surface area contributed by atoms with E-state index in [9.17, 15) is 17.2 Å². The molecule has 3 rings (SSSR count). The Bertz CT molecular complexity index is 1090. The van der Waals surface area contributed by atoms with Crippen LogP contribution >= 0.6 is 22.6 Å². The summed E-state index contributed by atoms with van der Waals surface area (Å²) >= 11 is 1.96. The van der Waals surface area contributed by atoms with Gasteiger partial charge in [0.2, 0.25) is 10.0 Å². The molecular weight excluding hydrogens is 556 g/mol. The number of nitrogens with zero attached hydrogens (tertiary/aromatic N) is 2. The minimum absolute atomic E-state index is 0.0281. The summed E-state index contributed by atoms with van der Waals surface area (Å²) in [5.74, 6) is -3.19. The van der Waals surface area contributed by atoms with Crippen LogP contribution in [0.25, 0.3) is 0 Å². The molecule has 0 heterocycles. The van der Waals surface area contributed by atoms with Crippen molar-refractivity contribution in [3.05, 3.63) is 45.3 Å². The van der Waals surface area contributed by atoms with Gasteiger partial charge in [-0.2, -0.15) is 0 Å². The molecular formula is C22H26F3IN2O3S. The van der Waals surface area contributed by atoms with Crippen LogP contribution in [0.4, 0.5) is 30.2 Å². The first kappa shape index (κ1) is 24.9. The Morgan fingerprint density at radius 3 is 2.22 bits per heavy atom. The average molecular weight is 582 g/mol. The predicted octanol–water partition coefficient (Wildman–Crippen LogP) is 5.97. The Balaban J connectivity index is 2.35. The third-order valence-corrected chi connectivity index (χ3v) is 8.16. The molecule has 0 saturated heterocycles. The number of hydrogen-bond donors (Lipinski definition) is 0. The number of methoxy groups -OCH3 is 1. The Kier molecular flexibility index (Phi) is 7.85. The zero-order valence-corrected chi connectivity index (χ0v) is 21.1. The molecule has 2 aromatic carbocycles. The highest BCUT2D eigenvalue weighted by atomic mass is 127. The first-order valence-corrected chi connectivity index (χ1v) is 13.1. The Morgan fingerprint density at radius 2 is 1.69 bits per heavy atom. The number of anilines is 3. The first-order chi connectivity index (χ1) is 15.2. The molecule has 1 saturated carbocycles. The summed E-state index contributed by atoms with van der Waals surface area (Å²) in [7, 11) is -2.57. The van der Waals surface area contributed by atoms with Crippen LogP contribution in [0.2, 0.25) is 0 Å². The Hall–Kier alpha value is -1.69. The van der Waals surface area contributed by atoms with E-state index in [1.807, 2.05) is 29.5 Å². The van der Waals surface area contributed by atoms with Crippen molar-refractivity contribution in [1.82, 2.24) is 0 Å². The van der Waals surface area contributed by atoms with Crippen LogP contribution in [0.15, 0.2) is 24.3 Å². The lowest BCUT2D eigenvalue weighted by atomic mass is 10.1. The van der Waals surface area contributed by atoms with E-state index in [2.05, 4.69) is 0 Å². The second-order valence-electron chi connectivity index (χ2n) is 7.64. The van der Waals surface area contributed by atoms with Gasteiger partial charge < -0.3 is 9.64 Å². The summed E-state index contributed by atoms with van der Waals surface area (Å²) < 4.78 is 78.7. The van der Waals surface area contributed by atoms with E-state index in [1.54, 1.807) is 13.0 Å². The lowest BCUT2D eigenvalue weighted by Crippen LogP contribution is -2.36. The highest BCUT2D eigenvalue weighted by molar-refractivity contribution is 14.1. The highest BCUT2D eigenvalue weighted by Gasteiger charge is 2.43. The van der Waals surface area contributed by atoms with Crippen molar-refractivity contribution in [2.75, 3.05) is 29.4 Å². The fourth-order valence-electron chi connectivity index (χ4n) is 3.62. The van der Waals surface area contributed by atoms with Gasteiger partial charge in [-0.3, -0.25) is 4.31 Å². The standard InChI is InChI=1S/C22H26F3IN2O3S/c1-4-10-27(18-9-6-14(26)12-16(18)23)22-20(25)17(24)13-19(31-3)21(22)28(11-5-2)32(29,30)15-7-8-15/h6,9,12-13,15H,4-5,7-8,10-11H2,1-3H3. The van der Waals surface area contributed by atoms with Gasteiger partial charge in [0.15, 0.2) is 11.6 Å². The maximum absolute atomic E-state index is 15.4. The number of sulfonamides is 1. The summed E-state index contributed by atoms with van der Waals surface area (Å²) in [4.78, 5) is 1.30. The number of halogens is 4. The maximum atomic E-state index is 15.4. The molecule has 176 valence electrons. The SMILES string of the molecule is CCCN(c1ccc(I)cc1F)c1c(F)c(F)cc(OC)c1N(CCC)S(=O)(=O)C1CC1. The molecule has 1 aliphatic rings. The first-order valence-electron chi connectivity index (χ1n) is 10.5. The summed E-state index contributed by atoms with van der Waals surface area (Å²) in [6, 6.07) is 5.26. The molecule has 1 aliphatic carbocycles. The van der Waals surface area contributed by atoms with E-state index in [0.717, 1.165) is 10.4 Å². The number of benzene rings is 2. The van der Waals surface area contributed by atoms with Gasteiger partial charge in [-0.25, -0.2) is 21.6 Å². The van der Waals surface area contributed by atoms with Gasteiger partial charge >= 0.3 is 0 Å². The van der Waals surface area contributed by atoms with E-state index < -0.39 is 32.7 Å². The largest absolute Gasteiger partial charge is 0.494 e. The maximum Gasteiger partial charge on any atom is 0.238 e. The Morgan fingerprint density at radius 1 is 1.03 bits per heavy atom. The topological polar surface area (TPSA) is 49.9 Å². The van der Waals surface area contributed by atoms with E-state index in [1.165, 1.54) is 24.1 Å². The second-order valence-corrected chi connectivity index (χ2v) is 11.0. The van der Waals surface area contributed by atoms with Crippen LogP contribution in [0.1, 0.15) is 39.5 Å². The van der Waals surface area contributed by atoms with Crippen molar-refractivity contribution >= 4 is 49.7 Å². The zero-order valence-electron chi connectivity index (χ0n) is 18.2. The summed E-state index contributed by atoms with van der Waals surface area (Å²) in [5, 5.41) is -0.575. The third kappa shape index (κ3) is 4.80. The molecule has 5 nitrogen and oxygen atoms in total. The summed E-state index contributed by atoms with van der Waals surface area (Å²) in [5.41, 5.74) is -0.423. The third-order valence-electron chi connectivity index (χ3n) is 5.20. The van der Waals surface area contributed by atoms with Gasteiger partial charge in [-0.15, -0.1) is 0 Å². The molecule has 2 aromatic rings. The number of ether oxygens (including phenoxy) is 1. The highest BCUT2D eigenvalue weighted by Crippen LogP contribution is 2.47. The van der Waals surface area contributed by atoms with Crippen molar-refractivity contribution in [3.8, 4) is 5.75 Å². The van der Waals surface area contributed by atoms with Crippen LogP contribution in [0.3, 0.4) is 0 Å². The molecule has 0 bridgehead atoms.